The molecule has 4 unspecified atom stereocenters. The molecule has 0 fully saturated rings. The predicted octanol–water partition coefficient (Wildman–Crippen LogP) is 26.5. The first-order valence-corrected chi connectivity index (χ1v) is 39.3. The Kier molecular flexibility index (Phi) is 16.1. The van der Waals surface area contributed by atoms with Crippen LogP contribution in [-0.2, 0) is 41.9 Å². The number of anilines is 5. The van der Waals surface area contributed by atoms with Gasteiger partial charge in [-0.05, 0) is 252 Å². The highest BCUT2D eigenvalue weighted by atomic mass is 32.2. The molecule has 0 heterocycles. The maximum atomic E-state index is 2.61. The van der Waals surface area contributed by atoms with Gasteiger partial charge in [-0.3, -0.25) is 0 Å². The summed E-state index contributed by atoms with van der Waals surface area (Å²) in [6, 6.07) is 139. The van der Waals surface area contributed by atoms with E-state index in [1.165, 1.54) is 145 Å². The molecule has 0 N–H and O–H groups in total. The van der Waals surface area contributed by atoms with Gasteiger partial charge in [0.1, 0.15) is 0 Å². The van der Waals surface area contributed by atoms with Crippen molar-refractivity contribution in [1.29, 1.82) is 0 Å². The molecule has 0 spiro atoms. The first-order valence-electron chi connectivity index (χ1n) is 37.6. The summed E-state index contributed by atoms with van der Waals surface area (Å²) in [6.07, 6.45) is 12.3. The number of hydrogen-bond acceptors (Lipinski definition) is 4. The third-order valence-electron chi connectivity index (χ3n) is 23.8. The van der Waals surface area contributed by atoms with Gasteiger partial charge in [-0.25, -0.2) is 0 Å². The van der Waals surface area contributed by atoms with E-state index in [4.69, 9.17) is 0 Å². The summed E-state index contributed by atoms with van der Waals surface area (Å²) in [5.41, 5.74) is 30.9. The Balaban J connectivity index is 0.677. The average molecular weight is 1410 g/mol. The molecule has 0 radical (unpaired) electrons. The predicted molar refractivity (Wildman–Crippen MR) is 447 cm³/mol. The highest BCUT2D eigenvalue weighted by Crippen LogP contribution is 2.64. The molecule has 0 saturated heterocycles. The van der Waals surface area contributed by atoms with Gasteiger partial charge >= 0.3 is 0 Å². The Morgan fingerprint density at radius 1 is 0.280 bits per heavy atom. The zero-order chi connectivity index (χ0) is 71.1. The normalized spacial score (nSPS) is 18.1. The van der Waals surface area contributed by atoms with Crippen LogP contribution in [0.25, 0.3) is 44.5 Å². The Hall–Kier alpha value is -11.9. The van der Waals surface area contributed by atoms with Gasteiger partial charge in [0.15, 0.2) is 0 Å². The SMILES string of the molecule is CC12C=CC(N(c3ccc(-c4ccccc4)cc3)c3ccc(-c4ccc(N(c5ccc(-c6ccccc6)cc5)c5ccc6c(c5)C(c5ccccc5)(c5ccc(Sc7ccc8c(c7)CC8)cc5)c5ccccc5-6)cc4)cc3)=CC1C(c1ccccc1)(c1ccc(Sc3ccc4c(c3)CC4)cc1)c1ccccc12. The molecule has 0 aliphatic heterocycles. The van der Waals surface area contributed by atoms with Crippen LogP contribution in [0.1, 0.15) is 73.7 Å². The van der Waals surface area contributed by atoms with Crippen molar-refractivity contribution in [1.82, 2.24) is 0 Å². The van der Waals surface area contributed by atoms with Crippen molar-refractivity contribution in [3.05, 3.63) is 461 Å². The molecule has 510 valence electrons. The van der Waals surface area contributed by atoms with E-state index in [0.717, 1.165) is 45.3 Å². The van der Waals surface area contributed by atoms with Crippen LogP contribution in [0.15, 0.2) is 414 Å². The second-order valence-corrected chi connectivity index (χ2v) is 31.8. The summed E-state index contributed by atoms with van der Waals surface area (Å²) >= 11 is 3.72. The molecule has 2 nitrogen and oxygen atoms in total. The third kappa shape index (κ3) is 11.0. The van der Waals surface area contributed by atoms with Gasteiger partial charge < -0.3 is 9.80 Å². The van der Waals surface area contributed by atoms with E-state index in [2.05, 4.69) is 405 Å². The number of rotatable bonds is 17. The molecule has 15 aromatic carbocycles. The highest BCUT2D eigenvalue weighted by molar-refractivity contribution is 7.99. The molecule has 0 aromatic heterocycles. The summed E-state index contributed by atoms with van der Waals surface area (Å²) in [6.45, 7) is 2.47. The van der Waals surface area contributed by atoms with Crippen molar-refractivity contribution in [3.8, 4) is 44.5 Å². The van der Waals surface area contributed by atoms with Gasteiger partial charge in [0.2, 0.25) is 0 Å². The van der Waals surface area contributed by atoms with E-state index in [-0.39, 0.29) is 11.3 Å². The zero-order valence-corrected chi connectivity index (χ0v) is 61.2. The Morgan fingerprint density at radius 2 is 0.654 bits per heavy atom. The van der Waals surface area contributed by atoms with Crippen LogP contribution >= 0.6 is 23.5 Å². The first-order chi connectivity index (χ1) is 52.8. The molecule has 4 heteroatoms. The zero-order valence-electron chi connectivity index (χ0n) is 59.6. The van der Waals surface area contributed by atoms with Crippen LogP contribution in [0.2, 0.25) is 0 Å². The van der Waals surface area contributed by atoms with Gasteiger partial charge in [0, 0.05) is 65.0 Å². The van der Waals surface area contributed by atoms with Crippen LogP contribution in [0.4, 0.5) is 28.4 Å². The molecule has 5 aliphatic rings. The first kappa shape index (κ1) is 64.7. The molecule has 4 atom stereocenters. The van der Waals surface area contributed by atoms with Crippen LogP contribution in [0, 0.1) is 5.92 Å². The molecular weight excluding hydrogens is 1330 g/mol. The number of allylic oxidation sites excluding steroid dienone is 3. The van der Waals surface area contributed by atoms with Crippen molar-refractivity contribution in [2.45, 2.75) is 68.4 Å². The van der Waals surface area contributed by atoms with Crippen LogP contribution < -0.4 is 9.80 Å². The Labute approximate surface area is 636 Å². The van der Waals surface area contributed by atoms with E-state index < -0.39 is 10.8 Å². The lowest BCUT2D eigenvalue weighted by Gasteiger charge is -2.44. The molecule has 0 amide bonds. The lowest BCUT2D eigenvalue weighted by molar-refractivity contribution is 0.364. The molecule has 107 heavy (non-hydrogen) atoms. The topological polar surface area (TPSA) is 6.48 Å². The monoisotopic (exact) mass is 1400 g/mol. The minimum Gasteiger partial charge on any atom is -0.311 e. The Morgan fingerprint density at radius 3 is 1.14 bits per heavy atom. The fourth-order valence-corrected chi connectivity index (χ4v) is 20.1. The van der Waals surface area contributed by atoms with Gasteiger partial charge in [0.25, 0.3) is 0 Å². The summed E-state index contributed by atoms with van der Waals surface area (Å²) in [5.74, 6) is 0.00336. The minimum absolute atomic E-state index is 0.00336. The van der Waals surface area contributed by atoms with Crippen molar-refractivity contribution in [3.63, 3.8) is 0 Å². The van der Waals surface area contributed by atoms with Crippen molar-refractivity contribution >= 4 is 52.0 Å². The fraction of sp³-hybridized carbons (Fsp3) is 0.0874. The molecule has 0 bridgehead atoms. The molecule has 5 aliphatic carbocycles. The van der Waals surface area contributed by atoms with Crippen LogP contribution in [-0.4, -0.2) is 0 Å². The molecule has 20 rings (SSSR count). The van der Waals surface area contributed by atoms with Crippen molar-refractivity contribution in [2.75, 3.05) is 9.80 Å². The van der Waals surface area contributed by atoms with Crippen LogP contribution in [0.5, 0.6) is 0 Å². The van der Waals surface area contributed by atoms with Crippen molar-refractivity contribution in [2.24, 2.45) is 5.92 Å². The summed E-state index contributed by atoms with van der Waals surface area (Å²) in [7, 11) is 0. The fourth-order valence-electron chi connectivity index (χ4n) is 18.3. The standard InChI is InChI=1S/C103H76N2S2/c1-101-65-64-89(69-100(101)103(81-24-12-5-13-25-81,98-29-17-16-28-97(98)101)83-46-61-91(62-47-83)107-93-58-43-77-31-33-79(77)67-93)105(86-50-36-73(37-51-86)71-20-8-3-9-21-71)87-54-40-75(41-55-87)74-38-52-85(53-39-74)104(84-48-34-72(35-49-84)70-18-6-2-7-19-70)88-56-63-95-94-26-14-15-27-96(94)102(99(95)68-88,80-22-10-4-11-23-80)82-44-59-90(60-45-82)106-92-57-42-76-30-32-78(76)66-92/h2-29,34-69,100H,30-33H2,1H3. The second-order valence-electron chi connectivity index (χ2n) is 29.5. The van der Waals surface area contributed by atoms with E-state index >= 15 is 0 Å². The lowest BCUT2D eigenvalue weighted by Crippen LogP contribution is -2.41. The van der Waals surface area contributed by atoms with E-state index in [1.54, 1.807) is 0 Å². The second kappa shape index (κ2) is 26.6. The number of hydrogen-bond donors (Lipinski definition) is 0. The molecule has 15 aromatic rings. The minimum atomic E-state index is -0.600. The highest BCUT2D eigenvalue weighted by Gasteiger charge is 2.59. The van der Waals surface area contributed by atoms with Crippen LogP contribution in [0.3, 0.4) is 0 Å². The summed E-state index contributed by atoms with van der Waals surface area (Å²) in [5, 5.41) is 0. The van der Waals surface area contributed by atoms with E-state index in [1.807, 2.05) is 23.5 Å². The average Bonchev–Trinajstić information content (AvgIpc) is 1.53. The maximum Gasteiger partial charge on any atom is 0.0714 e. The molecule has 0 saturated carbocycles. The van der Waals surface area contributed by atoms with Gasteiger partial charge in [0.05, 0.1) is 10.8 Å². The summed E-state index contributed by atoms with van der Waals surface area (Å²) < 4.78 is 0. The third-order valence-corrected chi connectivity index (χ3v) is 25.8. The van der Waals surface area contributed by atoms with Crippen molar-refractivity contribution < 1.29 is 0 Å². The van der Waals surface area contributed by atoms with Gasteiger partial charge in [-0.1, -0.05) is 303 Å². The van der Waals surface area contributed by atoms with E-state index in [0.29, 0.717) is 0 Å². The van der Waals surface area contributed by atoms with Gasteiger partial charge in [-0.2, -0.15) is 0 Å². The number of fused-ring (bicyclic) bond motifs is 8. The number of benzene rings is 15. The Bertz CT molecular complexity index is 5920. The number of nitrogens with zero attached hydrogens (tertiary/aromatic N) is 2. The molecular formula is C103H76N2S2. The smallest absolute Gasteiger partial charge is 0.0714 e. The quantitative estimate of drug-likeness (QED) is 0.0896. The van der Waals surface area contributed by atoms with Gasteiger partial charge in [-0.15, -0.1) is 0 Å². The number of aryl methyl sites for hydroxylation is 4. The lowest BCUT2D eigenvalue weighted by atomic mass is 9.59. The largest absolute Gasteiger partial charge is 0.311 e. The summed E-state index contributed by atoms with van der Waals surface area (Å²) in [4.78, 5) is 10.0. The maximum absolute atomic E-state index is 2.61. The van der Waals surface area contributed by atoms with E-state index in [9.17, 15) is 0 Å².